The molecule has 3 aromatic rings. The van der Waals surface area contributed by atoms with Gasteiger partial charge in [-0.05, 0) is 42.5 Å². The molecule has 0 radical (unpaired) electrons. The summed E-state index contributed by atoms with van der Waals surface area (Å²) in [6.07, 6.45) is 2.01. The summed E-state index contributed by atoms with van der Waals surface area (Å²) in [5, 5.41) is 3.97. The van der Waals surface area contributed by atoms with Gasteiger partial charge >= 0.3 is 0 Å². The molecule has 3 rings (SSSR count). The number of anilines is 1. The number of hydrogen-bond acceptors (Lipinski definition) is 4. The Kier molecular flexibility index (Phi) is 5.43. The smallest absolute Gasteiger partial charge is 0.259 e. The molecule has 26 heavy (non-hydrogen) atoms. The summed E-state index contributed by atoms with van der Waals surface area (Å²) < 4.78 is 17.7. The van der Waals surface area contributed by atoms with E-state index in [-0.39, 0.29) is 5.91 Å². The second kappa shape index (κ2) is 7.93. The molecule has 1 amide bonds. The highest BCUT2D eigenvalue weighted by molar-refractivity contribution is 6.07. The van der Waals surface area contributed by atoms with Crippen molar-refractivity contribution >= 4 is 22.5 Å². The molecular weight excluding hydrogens is 332 g/mol. The van der Waals surface area contributed by atoms with E-state index >= 15 is 0 Å². The first-order valence-corrected chi connectivity index (χ1v) is 8.27. The lowest BCUT2D eigenvalue weighted by Gasteiger charge is -2.11. The van der Waals surface area contributed by atoms with Crippen LogP contribution in [0, 0.1) is 0 Å². The normalized spacial score (nSPS) is 10.7. The van der Waals surface area contributed by atoms with Gasteiger partial charge in [-0.25, -0.2) is 0 Å². The number of nitrogens with zero attached hydrogens (tertiary/aromatic N) is 1. The fourth-order valence-electron chi connectivity index (χ4n) is 2.85. The van der Waals surface area contributed by atoms with Gasteiger partial charge in [0.2, 0.25) is 0 Å². The Morgan fingerprint density at radius 3 is 2.62 bits per heavy atom. The van der Waals surface area contributed by atoms with Gasteiger partial charge in [0, 0.05) is 36.4 Å². The summed E-state index contributed by atoms with van der Waals surface area (Å²) >= 11 is 0. The molecule has 0 spiro atoms. The van der Waals surface area contributed by atoms with Crippen molar-refractivity contribution in [2.75, 3.05) is 33.3 Å². The second-order valence-electron chi connectivity index (χ2n) is 5.80. The van der Waals surface area contributed by atoms with Crippen molar-refractivity contribution in [3.8, 4) is 11.5 Å². The Morgan fingerprint density at radius 1 is 1.04 bits per heavy atom. The molecule has 0 aliphatic heterocycles. The largest absolute Gasteiger partial charge is 0.497 e. The molecule has 1 aromatic heterocycles. The van der Waals surface area contributed by atoms with Gasteiger partial charge in [0.1, 0.15) is 11.5 Å². The maximum atomic E-state index is 12.7. The minimum Gasteiger partial charge on any atom is -0.497 e. The van der Waals surface area contributed by atoms with Crippen LogP contribution in [0.15, 0.2) is 48.7 Å². The van der Waals surface area contributed by atoms with Crippen LogP contribution in [0.4, 0.5) is 5.69 Å². The summed E-state index contributed by atoms with van der Waals surface area (Å²) in [5.41, 5.74) is 2.24. The lowest BCUT2D eigenvalue weighted by atomic mass is 10.1. The van der Waals surface area contributed by atoms with E-state index in [1.807, 2.05) is 30.5 Å². The molecule has 0 atom stereocenters. The Morgan fingerprint density at radius 2 is 1.88 bits per heavy atom. The summed E-state index contributed by atoms with van der Waals surface area (Å²) in [6, 6.07) is 13.0. The van der Waals surface area contributed by atoms with E-state index in [1.165, 1.54) is 7.11 Å². The Labute approximate surface area is 152 Å². The van der Waals surface area contributed by atoms with Crippen LogP contribution in [-0.4, -0.2) is 38.4 Å². The van der Waals surface area contributed by atoms with Crippen LogP contribution in [0.1, 0.15) is 10.4 Å². The molecule has 0 saturated heterocycles. The minimum atomic E-state index is -0.251. The Balaban J connectivity index is 1.83. The standard InChI is InChI=1S/C20H22N2O4/c1-24-11-10-22-9-8-14-12-15(4-6-18(14)22)21-20(23)17-13-16(25-2)5-7-19(17)26-3/h4-9,12-13H,10-11H2,1-3H3,(H,21,23). The Hall–Kier alpha value is -2.99. The van der Waals surface area contributed by atoms with Crippen LogP contribution in [0.5, 0.6) is 11.5 Å². The lowest BCUT2D eigenvalue weighted by Crippen LogP contribution is -2.13. The summed E-state index contributed by atoms with van der Waals surface area (Å²) in [6.45, 7) is 1.44. The van der Waals surface area contributed by atoms with Crippen LogP contribution < -0.4 is 14.8 Å². The van der Waals surface area contributed by atoms with Gasteiger partial charge in [-0.2, -0.15) is 0 Å². The second-order valence-corrected chi connectivity index (χ2v) is 5.80. The van der Waals surface area contributed by atoms with Gasteiger partial charge in [0.15, 0.2) is 0 Å². The Bertz CT molecular complexity index is 917. The van der Waals surface area contributed by atoms with Crippen molar-refractivity contribution < 1.29 is 19.0 Å². The topological polar surface area (TPSA) is 61.7 Å². The van der Waals surface area contributed by atoms with Crippen LogP contribution in [-0.2, 0) is 11.3 Å². The highest BCUT2D eigenvalue weighted by Gasteiger charge is 2.14. The van der Waals surface area contributed by atoms with Crippen molar-refractivity contribution in [1.82, 2.24) is 4.57 Å². The zero-order valence-electron chi connectivity index (χ0n) is 15.1. The zero-order valence-corrected chi connectivity index (χ0v) is 15.1. The fraction of sp³-hybridized carbons (Fsp3) is 0.250. The molecule has 0 saturated carbocycles. The summed E-state index contributed by atoms with van der Waals surface area (Å²) in [7, 11) is 4.78. The molecule has 0 bridgehead atoms. The number of amides is 1. The van der Waals surface area contributed by atoms with Gasteiger partial charge in [-0.1, -0.05) is 0 Å². The van der Waals surface area contributed by atoms with Gasteiger partial charge in [-0.15, -0.1) is 0 Å². The first-order valence-electron chi connectivity index (χ1n) is 8.27. The molecule has 0 aliphatic rings. The average molecular weight is 354 g/mol. The minimum absolute atomic E-state index is 0.251. The van der Waals surface area contributed by atoms with Gasteiger partial charge < -0.3 is 24.1 Å². The fourth-order valence-corrected chi connectivity index (χ4v) is 2.85. The number of ether oxygens (including phenoxy) is 3. The number of aromatic nitrogens is 1. The number of fused-ring (bicyclic) bond motifs is 1. The van der Waals surface area contributed by atoms with E-state index in [4.69, 9.17) is 14.2 Å². The monoisotopic (exact) mass is 354 g/mol. The highest BCUT2D eigenvalue weighted by atomic mass is 16.5. The van der Waals surface area contributed by atoms with Gasteiger partial charge in [0.05, 0.1) is 26.4 Å². The SMILES string of the molecule is COCCn1ccc2cc(NC(=O)c3cc(OC)ccc3OC)ccc21. The van der Waals surface area contributed by atoms with E-state index in [0.717, 1.165) is 23.1 Å². The number of rotatable bonds is 7. The lowest BCUT2D eigenvalue weighted by molar-refractivity contribution is 0.102. The molecule has 6 heteroatoms. The van der Waals surface area contributed by atoms with E-state index < -0.39 is 0 Å². The molecule has 0 fully saturated rings. The van der Waals surface area contributed by atoms with Crippen molar-refractivity contribution in [3.63, 3.8) is 0 Å². The van der Waals surface area contributed by atoms with Crippen LogP contribution in [0.25, 0.3) is 10.9 Å². The third kappa shape index (κ3) is 3.65. The van der Waals surface area contributed by atoms with E-state index in [2.05, 4.69) is 9.88 Å². The third-order valence-electron chi connectivity index (χ3n) is 4.22. The molecule has 2 aromatic carbocycles. The molecule has 0 aliphatic carbocycles. The predicted molar refractivity (Wildman–Crippen MR) is 101 cm³/mol. The average Bonchev–Trinajstić information content (AvgIpc) is 3.07. The number of hydrogen-bond donors (Lipinski definition) is 1. The molecule has 0 unspecified atom stereocenters. The van der Waals surface area contributed by atoms with Crippen molar-refractivity contribution in [3.05, 3.63) is 54.2 Å². The van der Waals surface area contributed by atoms with Gasteiger partial charge in [0.25, 0.3) is 5.91 Å². The van der Waals surface area contributed by atoms with E-state index in [0.29, 0.717) is 23.7 Å². The number of benzene rings is 2. The quantitative estimate of drug-likeness (QED) is 0.705. The molecule has 1 heterocycles. The zero-order chi connectivity index (χ0) is 18.5. The van der Waals surface area contributed by atoms with E-state index in [1.54, 1.807) is 32.4 Å². The van der Waals surface area contributed by atoms with Crippen molar-refractivity contribution in [2.45, 2.75) is 6.54 Å². The summed E-state index contributed by atoms with van der Waals surface area (Å²) in [4.78, 5) is 12.7. The molecule has 136 valence electrons. The molecule has 1 N–H and O–H groups in total. The van der Waals surface area contributed by atoms with Crippen LogP contribution in [0.3, 0.4) is 0 Å². The van der Waals surface area contributed by atoms with E-state index in [9.17, 15) is 4.79 Å². The summed E-state index contributed by atoms with van der Waals surface area (Å²) in [5.74, 6) is 0.843. The van der Waals surface area contributed by atoms with Crippen molar-refractivity contribution in [1.29, 1.82) is 0 Å². The third-order valence-corrected chi connectivity index (χ3v) is 4.22. The number of carbonyl (C=O) groups is 1. The number of methoxy groups -OCH3 is 3. The molecule has 6 nitrogen and oxygen atoms in total. The van der Waals surface area contributed by atoms with Crippen molar-refractivity contribution in [2.24, 2.45) is 0 Å². The first kappa shape index (κ1) is 17.8. The van der Waals surface area contributed by atoms with Crippen LogP contribution in [0.2, 0.25) is 0 Å². The van der Waals surface area contributed by atoms with Crippen LogP contribution >= 0.6 is 0 Å². The maximum absolute atomic E-state index is 12.7. The number of nitrogens with one attached hydrogen (secondary N) is 1. The maximum Gasteiger partial charge on any atom is 0.259 e. The van der Waals surface area contributed by atoms with Gasteiger partial charge in [-0.3, -0.25) is 4.79 Å². The predicted octanol–water partition coefficient (Wildman–Crippen LogP) is 3.56. The number of carbonyl (C=O) groups excluding carboxylic acids is 1. The highest BCUT2D eigenvalue weighted by Crippen LogP contribution is 2.26. The first-order chi connectivity index (χ1) is 12.7. The molecular formula is C20H22N2O4.